The van der Waals surface area contributed by atoms with Crippen molar-refractivity contribution in [3.63, 3.8) is 0 Å². The maximum atomic E-state index is 5.32. The zero-order valence-electron chi connectivity index (χ0n) is 8.34. The second kappa shape index (κ2) is 3.54. The predicted octanol–water partition coefficient (Wildman–Crippen LogP) is 2.92. The number of nitrogens with zero attached hydrogens (tertiary/aromatic N) is 1. The monoisotopic (exact) mass is 186 g/mol. The normalized spacial score (nSPS) is 14.9. The van der Waals surface area contributed by atoms with Gasteiger partial charge < -0.3 is 4.74 Å². The molecule has 0 spiro atoms. The van der Waals surface area contributed by atoms with Gasteiger partial charge >= 0.3 is 0 Å². The molecule has 0 aliphatic heterocycles. The average Bonchev–Trinajstić information content (AvgIpc) is 2.26. The fourth-order valence-corrected chi connectivity index (χ4v) is 3.54. The smallest absolute Gasteiger partial charge is 0.241 e. The lowest BCUT2D eigenvalue weighted by Crippen LogP contribution is -1.89. The molecule has 0 saturated heterocycles. The van der Waals surface area contributed by atoms with E-state index in [1.54, 1.807) is 7.11 Å². The average molecular weight is 186 g/mol. The highest BCUT2D eigenvalue weighted by atomic mass is 32.2. The molecule has 1 heterocycles. The summed E-state index contributed by atoms with van der Waals surface area (Å²) in [5.74, 6) is 0. The van der Waals surface area contributed by atoms with Crippen molar-refractivity contribution in [2.45, 2.75) is 33.1 Å². The van der Waals surface area contributed by atoms with E-state index in [9.17, 15) is 0 Å². The van der Waals surface area contributed by atoms with Crippen LogP contribution in [0.4, 0.5) is 0 Å². The van der Waals surface area contributed by atoms with Crippen LogP contribution >= 0.6 is 10.5 Å². The van der Waals surface area contributed by atoms with Gasteiger partial charge in [0.2, 0.25) is 10.4 Å². The Morgan fingerprint density at radius 2 is 1.92 bits per heavy atom. The topological polar surface area (TPSA) is 22.1 Å². The lowest BCUT2D eigenvalue weighted by Gasteiger charge is -2.00. The summed E-state index contributed by atoms with van der Waals surface area (Å²) < 4.78 is 5.32. The first-order valence-corrected chi connectivity index (χ1v) is 5.35. The van der Waals surface area contributed by atoms with Crippen molar-refractivity contribution < 1.29 is 4.74 Å². The van der Waals surface area contributed by atoms with E-state index in [2.05, 4.69) is 32.7 Å². The van der Waals surface area contributed by atoms with Gasteiger partial charge in [0.05, 0.1) is 5.69 Å². The maximum Gasteiger partial charge on any atom is 0.241 e. The maximum absolute atomic E-state index is 5.32. The lowest BCUT2D eigenvalue weighted by molar-refractivity contribution is 0.156. The van der Waals surface area contributed by atoms with Gasteiger partial charge in [0.1, 0.15) is 0 Å². The number of ether oxygens (including phenoxy) is 1. The molecule has 0 aliphatic carbocycles. The SMILES string of the molecule is COC(C)[s+]1c(C)nc(C)c1C. The van der Waals surface area contributed by atoms with E-state index in [0.717, 1.165) is 0 Å². The minimum Gasteiger partial charge on any atom is -0.333 e. The van der Waals surface area contributed by atoms with Crippen molar-refractivity contribution in [3.05, 3.63) is 15.6 Å². The third-order valence-electron chi connectivity index (χ3n) is 2.15. The van der Waals surface area contributed by atoms with Gasteiger partial charge in [-0.25, -0.2) is 4.98 Å². The largest absolute Gasteiger partial charge is 0.333 e. The summed E-state index contributed by atoms with van der Waals surface area (Å²) in [4.78, 5) is 5.83. The van der Waals surface area contributed by atoms with Gasteiger partial charge in [0, 0.05) is 38.4 Å². The highest BCUT2D eigenvalue weighted by Crippen LogP contribution is 2.39. The molecular formula is C9H16NOS+. The zero-order valence-corrected chi connectivity index (χ0v) is 9.16. The van der Waals surface area contributed by atoms with Crippen molar-refractivity contribution in [3.8, 4) is 0 Å². The van der Waals surface area contributed by atoms with Crippen LogP contribution in [-0.2, 0) is 4.74 Å². The number of hydrogen-bond donors (Lipinski definition) is 0. The van der Waals surface area contributed by atoms with E-state index in [-0.39, 0.29) is 15.9 Å². The summed E-state index contributed by atoms with van der Waals surface area (Å²) in [6.45, 7) is 8.39. The Bertz CT molecular complexity index is 280. The van der Waals surface area contributed by atoms with Crippen molar-refractivity contribution >= 4 is 10.5 Å². The molecule has 1 aromatic rings. The number of rotatable bonds is 2. The van der Waals surface area contributed by atoms with Gasteiger partial charge in [-0.3, -0.25) is 0 Å². The second-order valence-corrected chi connectivity index (χ2v) is 5.46. The fraction of sp³-hybridized carbons (Fsp3) is 0.667. The van der Waals surface area contributed by atoms with E-state index in [4.69, 9.17) is 4.74 Å². The van der Waals surface area contributed by atoms with Gasteiger partial charge in [0.25, 0.3) is 0 Å². The standard InChI is InChI=1S/C9H16NOS/c1-6-7(2)12(8(3)10-6)9(4)11-5/h9H,1-5H3/q+1. The Morgan fingerprint density at radius 3 is 2.25 bits per heavy atom. The highest BCUT2D eigenvalue weighted by Gasteiger charge is 2.25. The van der Waals surface area contributed by atoms with Crippen LogP contribution in [0.2, 0.25) is 0 Å². The number of aromatic nitrogens is 1. The van der Waals surface area contributed by atoms with Crippen LogP contribution in [-0.4, -0.2) is 12.1 Å². The molecule has 0 saturated carbocycles. The Hall–Kier alpha value is -0.410. The molecule has 0 aliphatic rings. The number of thiazole rings is 1. The minimum atomic E-state index is 0.116. The Balaban J connectivity index is 3.13. The molecule has 0 fully saturated rings. The van der Waals surface area contributed by atoms with Crippen LogP contribution in [0, 0.1) is 20.8 Å². The molecule has 0 amide bonds. The summed E-state index contributed by atoms with van der Waals surface area (Å²) in [6, 6.07) is 0. The molecule has 1 rings (SSSR count). The third kappa shape index (κ3) is 1.52. The molecule has 1 aromatic heterocycles. The minimum absolute atomic E-state index is 0.116. The molecule has 2 nitrogen and oxygen atoms in total. The van der Waals surface area contributed by atoms with Crippen LogP contribution in [0.25, 0.3) is 0 Å². The van der Waals surface area contributed by atoms with Crippen molar-refractivity contribution in [2.75, 3.05) is 7.11 Å². The number of hydrogen-bond acceptors (Lipinski definition) is 2. The van der Waals surface area contributed by atoms with E-state index in [1.165, 1.54) is 15.6 Å². The lowest BCUT2D eigenvalue weighted by atomic mass is 10.4. The fourth-order valence-electron chi connectivity index (χ4n) is 1.33. The molecule has 0 N–H and O–H groups in total. The number of aryl methyl sites for hydroxylation is 2. The Kier molecular flexibility index (Phi) is 2.85. The molecule has 12 heavy (non-hydrogen) atoms. The van der Waals surface area contributed by atoms with Gasteiger partial charge in [-0.1, -0.05) is 0 Å². The molecule has 68 valence electrons. The van der Waals surface area contributed by atoms with Gasteiger partial charge in [-0.2, -0.15) is 0 Å². The van der Waals surface area contributed by atoms with Crippen LogP contribution in [0.15, 0.2) is 0 Å². The number of methoxy groups -OCH3 is 1. The first-order chi connectivity index (χ1) is 5.57. The van der Waals surface area contributed by atoms with Crippen LogP contribution in [0.1, 0.15) is 27.9 Å². The molecule has 2 unspecified atom stereocenters. The summed E-state index contributed by atoms with van der Waals surface area (Å²) in [5.41, 5.74) is 1.44. The second-order valence-electron chi connectivity index (χ2n) is 2.91. The van der Waals surface area contributed by atoms with Crippen LogP contribution < -0.4 is 0 Å². The van der Waals surface area contributed by atoms with E-state index >= 15 is 0 Å². The molecule has 3 heteroatoms. The first kappa shape index (κ1) is 9.68. The summed E-state index contributed by atoms with van der Waals surface area (Å²) in [7, 11) is 1.87. The van der Waals surface area contributed by atoms with E-state index < -0.39 is 0 Å². The first-order valence-electron chi connectivity index (χ1n) is 4.06. The van der Waals surface area contributed by atoms with Gasteiger partial charge in [-0.15, -0.1) is 0 Å². The molecule has 0 bridgehead atoms. The van der Waals surface area contributed by atoms with Crippen molar-refractivity contribution in [2.24, 2.45) is 0 Å². The third-order valence-corrected chi connectivity index (χ3v) is 4.69. The van der Waals surface area contributed by atoms with Crippen molar-refractivity contribution in [1.29, 1.82) is 0 Å². The molecule has 2 atom stereocenters. The quantitative estimate of drug-likeness (QED) is 0.662. The van der Waals surface area contributed by atoms with Gasteiger partial charge in [0.15, 0.2) is 4.88 Å². The van der Waals surface area contributed by atoms with Crippen LogP contribution in [0.5, 0.6) is 0 Å². The summed E-state index contributed by atoms with van der Waals surface area (Å²) in [6.07, 6.45) is 0. The molecule has 0 aromatic carbocycles. The Morgan fingerprint density at radius 1 is 1.33 bits per heavy atom. The molecule has 0 radical (unpaired) electrons. The van der Waals surface area contributed by atoms with E-state index in [0.29, 0.717) is 0 Å². The van der Waals surface area contributed by atoms with Crippen LogP contribution in [0.3, 0.4) is 0 Å². The highest BCUT2D eigenvalue weighted by molar-refractivity contribution is 7.31. The Labute approximate surface area is 76.6 Å². The molecular weight excluding hydrogens is 170 g/mol. The van der Waals surface area contributed by atoms with Gasteiger partial charge in [-0.05, 0) is 6.92 Å². The summed E-state index contributed by atoms with van der Waals surface area (Å²) >= 11 is 0. The zero-order chi connectivity index (χ0) is 9.30. The van der Waals surface area contributed by atoms with Crippen molar-refractivity contribution in [1.82, 2.24) is 4.98 Å². The summed E-state index contributed by atoms with van der Waals surface area (Å²) in [5, 5.41) is 1.21. The predicted molar refractivity (Wildman–Crippen MR) is 52.6 cm³/mol. The van der Waals surface area contributed by atoms with E-state index in [1.807, 2.05) is 0 Å².